The van der Waals surface area contributed by atoms with Crippen LogP contribution in [0.5, 0.6) is 5.75 Å². The third-order valence-electron chi connectivity index (χ3n) is 4.47. The minimum atomic E-state index is -0.186. The second kappa shape index (κ2) is 7.67. The molecule has 0 spiro atoms. The SMILES string of the molecule is CC(C)c1nc2cc(COc3ccc(CN4C(=O)CSC4=O)cc3)ccc2o1. The van der Waals surface area contributed by atoms with Gasteiger partial charge in [0.1, 0.15) is 17.9 Å². The highest BCUT2D eigenvalue weighted by Crippen LogP contribution is 2.24. The molecule has 1 saturated heterocycles. The van der Waals surface area contributed by atoms with Gasteiger partial charge in [0, 0.05) is 5.92 Å². The van der Waals surface area contributed by atoms with Crippen molar-refractivity contribution in [2.75, 3.05) is 5.75 Å². The number of carbonyl (C=O) groups excluding carboxylic acids is 2. The molecule has 2 aromatic carbocycles. The smallest absolute Gasteiger partial charge is 0.289 e. The van der Waals surface area contributed by atoms with E-state index in [0.717, 1.165) is 45.6 Å². The normalized spacial score (nSPS) is 14.5. The van der Waals surface area contributed by atoms with Crippen LogP contribution in [0.3, 0.4) is 0 Å². The number of amides is 2. The summed E-state index contributed by atoms with van der Waals surface area (Å²) in [6.45, 7) is 4.81. The van der Waals surface area contributed by atoms with Gasteiger partial charge in [-0.2, -0.15) is 0 Å². The number of oxazole rings is 1. The zero-order chi connectivity index (χ0) is 19.7. The predicted octanol–water partition coefficient (Wildman–Crippen LogP) is 4.73. The molecule has 2 amide bonds. The number of hydrogen-bond acceptors (Lipinski definition) is 6. The summed E-state index contributed by atoms with van der Waals surface area (Å²) in [5.41, 5.74) is 3.51. The Bertz CT molecular complexity index is 1010. The first-order chi connectivity index (χ1) is 13.5. The Hall–Kier alpha value is -2.80. The Kier molecular flexibility index (Phi) is 5.09. The fourth-order valence-electron chi connectivity index (χ4n) is 2.90. The highest BCUT2D eigenvalue weighted by molar-refractivity contribution is 8.14. The Labute approximate surface area is 166 Å². The third-order valence-corrected chi connectivity index (χ3v) is 5.33. The van der Waals surface area contributed by atoms with E-state index in [1.54, 1.807) is 0 Å². The number of benzene rings is 2. The van der Waals surface area contributed by atoms with E-state index < -0.39 is 0 Å². The molecular weight excluding hydrogens is 376 g/mol. The Balaban J connectivity index is 1.39. The maximum Gasteiger partial charge on any atom is 0.289 e. The van der Waals surface area contributed by atoms with E-state index in [-0.39, 0.29) is 22.8 Å². The maximum atomic E-state index is 11.7. The monoisotopic (exact) mass is 396 g/mol. The molecule has 1 aliphatic heterocycles. The molecule has 0 radical (unpaired) electrons. The minimum absolute atomic E-state index is 0.140. The summed E-state index contributed by atoms with van der Waals surface area (Å²) in [4.78, 5) is 29.2. The quantitative estimate of drug-likeness (QED) is 0.600. The zero-order valence-corrected chi connectivity index (χ0v) is 16.5. The molecule has 0 saturated carbocycles. The largest absolute Gasteiger partial charge is 0.489 e. The lowest BCUT2D eigenvalue weighted by Gasteiger charge is -2.13. The lowest BCUT2D eigenvalue weighted by molar-refractivity contribution is -0.125. The van der Waals surface area contributed by atoms with E-state index in [1.165, 1.54) is 4.90 Å². The molecule has 0 unspecified atom stereocenters. The molecule has 0 N–H and O–H groups in total. The van der Waals surface area contributed by atoms with E-state index in [1.807, 2.05) is 56.3 Å². The average molecular weight is 396 g/mol. The van der Waals surface area contributed by atoms with Gasteiger partial charge < -0.3 is 9.15 Å². The molecule has 1 fully saturated rings. The number of rotatable bonds is 6. The molecular formula is C21H20N2O4S. The van der Waals surface area contributed by atoms with Crippen LogP contribution in [0.1, 0.15) is 36.8 Å². The van der Waals surface area contributed by atoms with Crippen LogP contribution in [0.2, 0.25) is 0 Å². The summed E-state index contributed by atoms with van der Waals surface area (Å²) in [5.74, 6) is 1.79. The van der Waals surface area contributed by atoms with Gasteiger partial charge in [-0.3, -0.25) is 14.5 Å². The van der Waals surface area contributed by atoms with E-state index in [0.29, 0.717) is 13.2 Å². The molecule has 2 heterocycles. The zero-order valence-electron chi connectivity index (χ0n) is 15.7. The van der Waals surface area contributed by atoms with Gasteiger partial charge in [0.15, 0.2) is 11.5 Å². The van der Waals surface area contributed by atoms with Gasteiger partial charge >= 0.3 is 0 Å². The molecule has 7 heteroatoms. The maximum absolute atomic E-state index is 11.7. The standard InChI is InChI=1S/C21H20N2O4S/c1-13(2)20-22-17-9-15(5-8-18(17)27-20)11-26-16-6-3-14(4-7-16)10-23-19(24)12-28-21(23)25/h3-9,13H,10-12H2,1-2H3. The molecule has 1 aliphatic rings. The van der Waals surface area contributed by atoms with Crippen LogP contribution in [0, 0.1) is 0 Å². The highest BCUT2D eigenvalue weighted by Gasteiger charge is 2.29. The second-order valence-electron chi connectivity index (χ2n) is 6.98. The number of ether oxygens (including phenoxy) is 1. The molecule has 144 valence electrons. The van der Waals surface area contributed by atoms with Crippen LogP contribution in [-0.4, -0.2) is 26.8 Å². The first kappa shape index (κ1) is 18.6. The van der Waals surface area contributed by atoms with Gasteiger partial charge in [0.25, 0.3) is 5.24 Å². The van der Waals surface area contributed by atoms with Crippen molar-refractivity contribution in [2.24, 2.45) is 0 Å². The van der Waals surface area contributed by atoms with Gasteiger partial charge in [0.2, 0.25) is 5.91 Å². The molecule has 28 heavy (non-hydrogen) atoms. The van der Waals surface area contributed by atoms with Gasteiger partial charge in [-0.25, -0.2) is 4.98 Å². The van der Waals surface area contributed by atoms with Crippen molar-refractivity contribution in [1.29, 1.82) is 0 Å². The number of nitrogens with zero attached hydrogens (tertiary/aromatic N) is 2. The van der Waals surface area contributed by atoms with Crippen molar-refractivity contribution >= 4 is 34.0 Å². The van der Waals surface area contributed by atoms with Crippen LogP contribution in [0.4, 0.5) is 4.79 Å². The van der Waals surface area contributed by atoms with E-state index in [9.17, 15) is 9.59 Å². The van der Waals surface area contributed by atoms with E-state index in [4.69, 9.17) is 9.15 Å². The number of imide groups is 1. The minimum Gasteiger partial charge on any atom is -0.489 e. The van der Waals surface area contributed by atoms with Gasteiger partial charge in [-0.1, -0.05) is 43.8 Å². The number of thioether (sulfide) groups is 1. The predicted molar refractivity (Wildman–Crippen MR) is 107 cm³/mol. The molecule has 0 aliphatic carbocycles. The number of carbonyl (C=O) groups is 2. The van der Waals surface area contributed by atoms with Crippen LogP contribution in [0.15, 0.2) is 46.9 Å². The molecule has 0 bridgehead atoms. The molecule has 1 aromatic heterocycles. The van der Waals surface area contributed by atoms with E-state index in [2.05, 4.69) is 4.98 Å². The lowest BCUT2D eigenvalue weighted by Crippen LogP contribution is -2.27. The summed E-state index contributed by atoms with van der Waals surface area (Å²) in [7, 11) is 0. The topological polar surface area (TPSA) is 72.6 Å². The average Bonchev–Trinajstić information content (AvgIpc) is 3.25. The summed E-state index contributed by atoms with van der Waals surface area (Å²) in [5, 5.41) is -0.186. The highest BCUT2D eigenvalue weighted by atomic mass is 32.2. The van der Waals surface area contributed by atoms with Gasteiger partial charge in [0.05, 0.1) is 12.3 Å². The molecule has 0 atom stereocenters. The van der Waals surface area contributed by atoms with Gasteiger partial charge in [-0.05, 0) is 35.4 Å². The van der Waals surface area contributed by atoms with Crippen molar-refractivity contribution in [3.05, 3.63) is 59.5 Å². The van der Waals surface area contributed by atoms with Crippen molar-refractivity contribution in [3.8, 4) is 5.75 Å². The van der Waals surface area contributed by atoms with Crippen molar-refractivity contribution in [2.45, 2.75) is 32.9 Å². The Morgan fingerprint density at radius 2 is 1.89 bits per heavy atom. The third kappa shape index (κ3) is 3.89. The first-order valence-corrected chi connectivity index (χ1v) is 10.1. The molecule has 6 nitrogen and oxygen atoms in total. The van der Waals surface area contributed by atoms with Crippen LogP contribution in [-0.2, 0) is 17.9 Å². The molecule has 4 rings (SSSR count). The Morgan fingerprint density at radius 1 is 1.14 bits per heavy atom. The first-order valence-electron chi connectivity index (χ1n) is 9.08. The summed E-state index contributed by atoms with van der Waals surface area (Å²) < 4.78 is 11.6. The summed E-state index contributed by atoms with van der Waals surface area (Å²) in [6, 6.07) is 13.3. The second-order valence-corrected chi connectivity index (χ2v) is 7.90. The fraction of sp³-hybridized carbons (Fsp3) is 0.286. The van der Waals surface area contributed by atoms with Gasteiger partial charge in [-0.15, -0.1) is 0 Å². The number of hydrogen-bond donors (Lipinski definition) is 0. The Morgan fingerprint density at radius 3 is 2.57 bits per heavy atom. The van der Waals surface area contributed by atoms with Crippen LogP contribution >= 0.6 is 11.8 Å². The summed E-state index contributed by atoms with van der Waals surface area (Å²) >= 11 is 1.05. The van der Waals surface area contributed by atoms with E-state index >= 15 is 0 Å². The van der Waals surface area contributed by atoms with Crippen LogP contribution in [0.25, 0.3) is 11.1 Å². The number of fused-ring (bicyclic) bond motifs is 1. The molecule has 3 aromatic rings. The van der Waals surface area contributed by atoms with Crippen molar-refractivity contribution in [1.82, 2.24) is 9.88 Å². The van der Waals surface area contributed by atoms with Crippen molar-refractivity contribution < 1.29 is 18.7 Å². The fourth-order valence-corrected chi connectivity index (χ4v) is 3.63. The lowest BCUT2D eigenvalue weighted by atomic mass is 10.2. The summed E-state index contributed by atoms with van der Waals surface area (Å²) in [6.07, 6.45) is 0. The van der Waals surface area contributed by atoms with Crippen molar-refractivity contribution in [3.63, 3.8) is 0 Å². The number of aromatic nitrogens is 1. The van der Waals surface area contributed by atoms with Crippen LogP contribution < -0.4 is 4.74 Å².